The van der Waals surface area contributed by atoms with Gasteiger partial charge in [-0.15, -0.1) is 0 Å². The minimum atomic E-state index is -0.306. The highest BCUT2D eigenvalue weighted by Crippen LogP contribution is 2.17. The largest absolute Gasteiger partial charge is 0.345 e. The molecule has 0 saturated carbocycles. The van der Waals surface area contributed by atoms with Gasteiger partial charge in [-0.3, -0.25) is 4.79 Å². The van der Waals surface area contributed by atoms with Crippen LogP contribution in [0.15, 0.2) is 36.5 Å². The summed E-state index contributed by atoms with van der Waals surface area (Å²) >= 11 is 0. The van der Waals surface area contributed by atoms with Crippen molar-refractivity contribution in [1.82, 2.24) is 10.3 Å². The average molecular weight is 288 g/mol. The first-order valence-corrected chi connectivity index (χ1v) is 6.51. The lowest BCUT2D eigenvalue weighted by atomic mass is 10.1. The molecule has 0 radical (unpaired) electrons. The zero-order chi connectivity index (χ0) is 15.4. The zero-order valence-corrected chi connectivity index (χ0v) is 11.9. The second-order valence-electron chi connectivity index (χ2n) is 4.78. The van der Waals surface area contributed by atoms with E-state index in [0.29, 0.717) is 22.5 Å². The molecule has 0 saturated heterocycles. The number of aromatic nitrogens is 1. The van der Waals surface area contributed by atoms with Crippen LogP contribution in [0.1, 0.15) is 34.5 Å². The van der Waals surface area contributed by atoms with Gasteiger partial charge in [0.1, 0.15) is 11.6 Å². The first-order valence-electron chi connectivity index (χ1n) is 6.51. The molecular weight excluding hydrogens is 271 g/mol. The first-order chi connectivity index (χ1) is 10.0. The summed E-state index contributed by atoms with van der Waals surface area (Å²) in [6, 6.07) is 7.82. The number of nitrogen functional groups attached to an aromatic ring is 1. The van der Waals surface area contributed by atoms with E-state index in [-0.39, 0.29) is 17.8 Å². The van der Waals surface area contributed by atoms with Gasteiger partial charge in [-0.1, -0.05) is 12.1 Å². The fraction of sp³-hybridized carbons (Fsp3) is 0.200. The molecule has 2 aromatic rings. The van der Waals surface area contributed by atoms with Crippen LogP contribution in [0.4, 0.5) is 10.2 Å². The van der Waals surface area contributed by atoms with Crippen LogP contribution < -0.4 is 16.6 Å². The van der Waals surface area contributed by atoms with E-state index in [2.05, 4.69) is 15.7 Å². The Bertz CT molecular complexity index is 643. The normalized spacial score (nSPS) is 11.8. The molecule has 1 unspecified atom stereocenters. The van der Waals surface area contributed by atoms with E-state index in [0.717, 1.165) is 0 Å². The number of hydrogen-bond acceptors (Lipinski definition) is 4. The van der Waals surface area contributed by atoms with Gasteiger partial charge < -0.3 is 10.7 Å². The van der Waals surface area contributed by atoms with Crippen LogP contribution in [0.25, 0.3) is 0 Å². The molecule has 6 heteroatoms. The van der Waals surface area contributed by atoms with E-state index in [1.165, 1.54) is 12.3 Å². The van der Waals surface area contributed by atoms with Gasteiger partial charge in [0.25, 0.3) is 5.91 Å². The number of nitrogens with zero attached hydrogens (tertiary/aromatic N) is 1. The van der Waals surface area contributed by atoms with Crippen molar-refractivity contribution >= 4 is 11.7 Å². The highest BCUT2D eigenvalue weighted by atomic mass is 19.1. The van der Waals surface area contributed by atoms with Crippen LogP contribution in [0.5, 0.6) is 0 Å². The van der Waals surface area contributed by atoms with Gasteiger partial charge in [-0.25, -0.2) is 15.2 Å². The zero-order valence-electron chi connectivity index (χ0n) is 11.9. The topological polar surface area (TPSA) is 80.0 Å². The van der Waals surface area contributed by atoms with Crippen molar-refractivity contribution in [2.45, 2.75) is 19.9 Å². The quantitative estimate of drug-likeness (QED) is 0.596. The van der Waals surface area contributed by atoms with E-state index in [9.17, 15) is 9.18 Å². The molecule has 1 aromatic carbocycles. The molecule has 1 amide bonds. The fourth-order valence-corrected chi connectivity index (χ4v) is 1.86. The molecule has 1 atom stereocenters. The third kappa shape index (κ3) is 3.55. The van der Waals surface area contributed by atoms with Crippen LogP contribution >= 0.6 is 0 Å². The van der Waals surface area contributed by atoms with Crippen LogP contribution in [0, 0.1) is 12.7 Å². The summed E-state index contributed by atoms with van der Waals surface area (Å²) in [5.74, 6) is 5.12. The summed E-state index contributed by atoms with van der Waals surface area (Å²) < 4.78 is 13.5. The van der Waals surface area contributed by atoms with E-state index >= 15 is 0 Å². The number of halogens is 1. The number of nitrogens with two attached hydrogens (primary N) is 1. The summed E-state index contributed by atoms with van der Waals surface area (Å²) in [5, 5.41) is 2.80. The molecule has 0 bridgehead atoms. The molecule has 1 aromatic heterocycles. The number of hydrogen-bond donors (Lipinski definition) is 3. The Kier molecular flexibility index (Phi) is 4.49. The lowest BCUT2D eigenvalue weighted by Crippen LogP contribution is -2.27. The SMILES string of the molecule is Cc1ccc(C(C)NC(=O)c2ccc(NN)nc2)cc1F. The molecule has 5 nitrogen and oxygen atoms in total. The Morgan fingerprint density at radius 3 is 2.67 bits per heavy atom. The number of amides is 1. The van der Waals surface area contributed by atoms with Crippen molar-refractivity contribution < 1.29 is 9.18 Å². The van der Waals surface area contributed by atoms with E-state index in [1.54, 1.807) is 38.1 Å². The first kappa shape index (κ1) is 14.9. The Labute approximate surface area is 122 Å². The summed E-state index contributed by atoms with van der Waals surface area (Å²) in [4.78, 5) is 16.1. The number of benzene rings is 1. The van der Waals surface area contributed by atoms with Gasteiger partial charge in [0.2, 0.25) is 0 Å². The van der Waals surface area contributed by atoms with Crippen LogP contribution in [-0.2, 0) is 0 Å². The highest BCUT2D eigenvalue weighted by Gasteiger charge is 2.13. The van der Waals surface area contributed by atoms with Gasteiger partial charge >= 0.3 is 0 Å². The van der Waals surface area contributed by atoms with Crippen LogP contribution in [-0.4, -0.2) is 10.9 Å². The van der Waals surface area contributed by atoms with Gasteiger partial charge in [-0.05, 0) is 43.2 Å². The molecule has 0 aliphatic heterocycles. The lowest BCUT2D eigenvalue weighted by molar-refractivity contribution is 0.0939. The van der Waals surface area contributed by atoms with Crippen molar-refractivity contribution in [3.63, 3.8) is 0 Å². The third-order valence-corrected chi connectivity index (χ3v) is 3.22. The van der Waals surface area contributed by atoms with E-state index < -0.39 is 0 Å². The fourth-order valence-electron chi connectivity index (χ4n) is 1.86. The van der Waals surface area contributed by atoms with Gasteiger partial charge in [0.05, 0.1) is 11.6 Å². The second-order valence-corrected chi connectivity index (χ2v) is 4.78. The predicted octanol–water partition coefficient (Wildman–Crippen LogP) is 2.31. The summed E-state index contributed by atoms with van der Waals surface area (Å²) in [5.41, 5.74) is 4.08. The van der Waals surface area contributed by atoms with Gasteiger partial charge in [-0.2, -0.15) is 0 Å². The standard InChI is InChI=1S/C15H17FN4O/c1-9-3-4-11(7-13(9)16)10(2)19-15(21)12-5-6-14(20-17)18-8-12/h3-8,10H,17H2,1-2H3,(H,18,20)(H,19,21). The maximum absolute atomic E-state index is 13.5. The van der Waals surface area contributed by atoms with Gasteiger partial charge in [0, 0.05) is 6.20 Å². The molecule has 21 heavy (non-hydrogen) atoms. The summed E-state index contributed by atoms with van der Waals surface area (Å²) in [6.07, 6.45) is 1.42. The number of aryl methyl sites for hydroxylation is 1. The number of hydrazine groups is 1. The Balaban J connectivity index is 2.08. The molecule has 2 rings (SSSR count). The smallest absolute Gasteiger partial charge is 0.253 e. The minimum Gasteiger partial charge on any atom is -0.345 e. The molecular formula is C15H17FN4O. The number of anilines is 1. The van der Waals surface area contributed by atoms with Crippen molar-refractivity contribution in [2.75, 3.05) is 5.43 Å². The Morgan fingerprint density at radius 1 is 1.33 bits per heavy atom. The van der Waals surface area contributed by atoms with Crippen molar-refractivity contribution in [1.29, 1.82) is 0 Å². The summed E-state index contributed by atoms with van der Waals surface area (Å²) in [7, 11) is 0. The molecule has 0 aliphatic carbocycles. The van der Waals surface area contributed by atoms with Gasteiger partial charge in [0.15, 0.2) is 0 Å². The summed E-state index contributed by atoms with van der Waals surface area (Å²) in [6.45, 7) is 3.49. The van der Waals surface area contributed by atoms with Crippen molar-refractivity contribution in [3.8, 4) is 0 Å². The van der Waals surface area contributed by atoms with Crippen LogP contribution in [0.3, 0.4) is 0 Å². The monoisotopic (exact) mass is 288 g/mol. The Hall–Kier alpha value is -2.47. The molecule has 0 fully saturated rings. The predicted molar refractivity (Wildman–Crippen MR) is 79.1 cm³/mol. The highest BCUT2D eigenvalue weighted by molar-refractivity contribution is 5.94. The molecule has 1 heterocycles. The van der Waals surface area contributed by atoms with Crippen molar-refractivity contribution in [2.24, 2.45) is 5.84 Å². The number of rotatable bonds is 4. The Morgan fingerprint density at radius 2 is 2.10 bits per heavy atom. The second kappa shape index (κ2) is 6.32. The van der Waals surface area contributed by atoms with E-state index in [4.69, 9.17) is 5.84 Å². The van der Waals surface area contributed by atoms with Crippen LogP contribution in [0.2, 0.25) is 0 Å². The number of carbonyl (C=O) groups is 1. The average Bonchev–Trinajstić information content (AvgIpc) is 2.50. The lowest BCUT2D eigenvalue weighted by Gasteiger charge is -2.15. The molecule has 110 valence electrons. The third-order valence-electron chi connectivity index (χ3n) is 3.22. The number of nitrogens with one attached hydrogen (secondary N) is 2. The molecule has 0 spiro atoms. The maximum Gasteiger partial charge on any atom is 0.253 e. The number of carbonyl (C=O) groups excluding carboxylic acids is 1. The molecule has 4 N–H and O–H groups in total. The maximum atomic E-state index is 13.5. The molecule has 0 aliphatic rings. The van der Waals surface area contributed by atoms with Crippen molar-refractivity contribution in [3.05, 3.63) is 59.0 Å². The number of pyridine rings is 1. The van der Waals surface area contributed by atoms with E-state index in [1.807, 2.05) is 0 Å². The minimum absolute atomic E-state index is 0.278.